The summed E-state index contributed by atoms with van der Waals surface area (Å²) in [7, 11) is -3.10. The van der Waals surface area contributed by atoms with Gasteiger partial charge in [-0.2, -0.15) is 4.68 Å². The summed E-state index contributed by atoms with van der Waals surface area (Å²) in [6.45, 7) is 17.8. The third-order valence-corrected chi connectivity index (χ3v) is 9.15. The molecule has 3 aromatic rings. The van der Waals surface area contributed by atoms with E-state index >= 15 is 0 Å². The van der Waals surface area contributed by atoms with E-state index in [-0.39, 0.29) is 52.2 Å². The molecule has 53 heavy (non-hydrogen) atoms. The Morgan fingerprint density at radius 1 is 1.11 bits per heavy atom. The number of aliphatic carboxylic acids is 1. The minimum absolute atomic E-state index is 0.0109. The number of carbonyl (C=O) groups is 1. The smallest absolute Gasteiger partial charge is 0.442 e. The van der Waals surface area contributed by atoms with Gasteiger partial charge < -0.3 is 30.2 Å². The molecule has 0 fully saturated rings. The summed E-state index contributed by atoms with van der Waals surface area (Å²) < 4.78 is 22.6. The lowest BCUT2D eigenvalue weighted by Crippen LogP contribution is -2.30. The number of carboxylic acid groups (broad SMARTS) is 1. The zero-order chi connectivity index (χ0) is 41.2. The number of nitrogens with zero attached hydrogens (tertiary/aromatic N) is 4. The Morgan fingerprint density at radius 2 is 1.68 bits per heavy atom. The molecule has 5 N–H and O–H groups in total. The Labute approximate surface area is 317 Å². The van der Waals surface area contributed by atoms with Gasteiger partial charge in [0.05, 0.1) is 31.7 Å². The normalized spacial score (nSPS) is 12.9. The first-order chi connectivity index (χ1) is 24.2. The Balaban J connectivity index is 0.000000420. The van der Waals surface area contributed by atoms with Crippen molar-refractivity contribution in [2.24, 2.45) is 5.73 Å². The number of hydrogen-bond donors (Lipinski definition) is 4. The molecule has 0 spiro atoms. The number of aromatic nitrogens is 2. The van der Waals surface area contributed by atoms with Crippen molar-refractivity contribution >= 4 is 53.6 Å². The summed E-state index contributed by atoms with van der Waals surface area (Å²) in [5.41, 5.74) is 5.63. The monoisotopic (exact) mass is 806 g/mol. The van der Waals surface area contributed by atoms with Crippen LogP contribution in [0, 0.1) is 34.1 Å². The van der Waals surface area contributed by atoms with Crippen LogP contribution in [0.15, 0.2) is 27.4 Å². The number of nitro groups is 2. The van der Waals surface area contributed by atoms with Crippen molar-refractivity contribution in [1.29, 1.82) is 0 Å². The number of halogens is 2. The Hall–Kier alpha value is -4.02. The van der Waals surface area contributed by atoms with Crippen molar-refractivity contribution in [3.05, 3.63) is 76.0 Å². The second kappa shape index (κ2) is 19.9. The lowest BCUT2D eigenvalue weighted by molar-refractivity contribution is -0.392. The molecule has 17 nitrogen and oxygen atoms in total. The molecular formula is C33H49Cl2N6O11P. The number of nitrogens with two attached hydrogens (primary N) is 1. The summed E-state index contributed by atoms with van der Waals surface area (Å²) in [5.74, 6) is -0.985. The fraction of sp³-hybridized carbons (Fsp3) is 0.545. The second-order valence-electron chi connectivity index (χ2n) is 13.5. The summed E-state index contributed by atoms with van der Waals surface area (Å²) in [6, 6.07) is 3.42. The minimum Gasteiger partial charge on any atom is -0.489 e. The van der Waals surface area contributed by atoms with Gasteiger partial charge in [-0.15, -0.1) is 5.10 Å². The average molecular weight is 808 g/mol. The van der Waals surface area contributed by atoms with Crippen molar-refractivity contribution < 1.29 is 38.4 Å². The van der Waals surface area contributed by atoms with Gasteiger partial charge in [-0.1, -0.05) is 57.8 Å². The zero-order valence-electron chi connectivity index (χ0n) is 31.4. The molecule has 3 rings (SSSR count). The maximum Gasteiger partial charge on any atom is 0.442 e. The number of ether oxygens (including phenoxy) is 1. The number of aryl methyl sites for hydroxylation is 1. The number of carboxylic acids is 1. The summed E-state index contributed by atoms with van der Waals surface area (Å²) in [4.78, 5) is 52.2. The van der Waals surface area contributed by atoms with Crippen molar-refractivity contribution in [3.63, 3.8) is 0 Å². The Morgan fingerprint density at radius 3 is 2.09 bits per heavy atom. The van der Waals surface area contributed by atoms with Gasteiger partial charge in [-0.3, -0.25) is 29.6 Å². The molecule has 1 aromatic heterocycles. The van der Waals surface area contributed by atoms with Crippen LogP contribution in [0.5, 0.6) is 5.75 Å². The van der Waals surface area contributed by atoms with Gasteiger partial charge in [0.15, 0.2) is 13.1 Å². The summed E-state index contributed by atoms with van der Waals surface area (Å²) >= 11 is 12.3. The fourth-order valence-electron chi connectivity index (χ4n) is 4.35. The third-order valence-electron chi connectivity index (χ3n) is 7.46. The molecule has 0 saturated heterocycles. The number of anilines is 1. The molecule has 296 valence electrons. The topological polar surface area (TPSA) is 256 Å². The van der Waals surface area contributed by atoms with Crippen molar-refractivity contribution in [1.82, 2.24) is 9.78 Å². The Bertz CT molecular complexity index is 1860. The highest BCUT2D eigenvalue weighted by Gasteiger charge is 2.30. The first-order valence-corrected chi connectivity index (χ1v) is 19.5. The Kier molecular flexibility index (Phi) is 17.6. The largest absolute Gasteiger partial charge is 0.489 e. The van der Waals surface area contributed by atoms with Gasteiger partial charge in [0, 0.05) is 42.0 Å². The minimum atomic E-state index is -3.10. The van der Waals surface area contributed by atoms with Crippen molar-refractivity contribution in [2.45, 2.75) is 105 Å². The van der Waals surface area contributed by atoms with E-state index in [0.29, 0.717) is 33.5 Å². The lowest BCUT2D eigenvalue weighted by atomic mass is 9.97. The highest BCUT2D eigenvalue weighted by Crippen LogP contribution is 2.40. The quantitative estimate of drug-likeness (QED) is 0.0736. The lowest BCUT2D eigenvalue weighted by Gasteiger charge is -2.17. The van der Waals surface area contributed by atoms with Crippen LogP contribution in [0.4, 0.5) is 17.1 Å². The zero-order valence-corrected chi connectivity index (χ0v) is 33.8. The van der Waals surface area contributed by atoms with E-state index in [2.05, 4.69) is 10.4 Å². The molecule has 0 aliphatic carbocycles. The van der Waals surface area contributed by atoms with Gasteiger partial charge in [-0.05, 0) is 58.6 Å². The van der Waals surface area contributed by atoms with Gasteiger partial charge in [0.2, 0.25) is 5.89 Å². The first kappa shape index (κ1) is 47.0. The van der Waals surface area contributed by atoms with Crippen LogP contribution >= 0.6 is 30.6 Å². The van der Waals surface area contributed by atoms with Crippen LogP contribution in [-0.2, 0) is 14.8 Å². The van der Waals surface area contributed by atoms with E-state index in [1.165, 1.54) is 18.8 Å². The molecule has 2 aromatic carbocycles. The standard InChI is InChI=1S/C15H18Cl2N2O3.C13H19N3O4.C5H12NO4P/c1-8(2)21-12-7-11(9(16)6-10(12)17)19-14(20)22-13(18-19)15(3,4)5;1-5-10(6-2)14-12-11(15(17)18)7-8(3)9(4)13(12)16(19)20;1-11(9,10)3-2-4(6)5(7)8/h6-8H,1-5H3;7,10,14H,5-6H2,1-4H3;4H,2-3,6H2,1H3,(H,7,8)(H,9,10). The van der Waals surface area contributed by atoms with E-state index in [1.54, 1.807) is 19.9 Å². The first-order valence-electron chi connectivity index (χ1n) is 16.5. The van der Waals surface area contributed by atoms with E-state index in [0.717, 1.165) is 17.5 Å². The van der Waals surface area contributed by atoms with Crippen LogP contribution in [0.2, 0.25) is 10.0 Å². The van der Waals surface area contributed by atoms with Gasteiger partial charge in [-0.25, -0.2) is 4.79 Å². The van der Waals surface area contributed by atoms with Crippen molar-refractivity contribution in [3.8, 4) is 11.4 Å². The van der Waals surface area contributed by atoms with E-state index in [4.69, 9.17) is 48.1 Å². The van der Waals surface area contributed by atoms with Gasteiger partial charge >= 0.3 is 17.4 Å². The number of rotatable bonds is 13. The highest BCUT2D eigenvalue weighted by molar-refractivity contribution is 7.57. The van der Waals surface area contributed by atoms with Gasteiger partial charge in [0.1, 0.15) is 11.8 Å². The second-order valence-corrected chi connectivity index (χ2v) is 16.8. The fourth-order valence-corrected chi connectivity index (χ4v) is 5.62. The predicted octanol–water partition coefficient (Wildman–Crippen LogP) is 7.63. The summed E-state index contributed by atoms with van der Waals surface area (Å²) in [5, 5.41) is 38.6. The maximum absolute atomic E-state index is 12.1. The third kappa shape index (κ3) is 14.4. The molecule has 0 aliphatic rings. The molecule has 0 saturated carbocycles. The predicted molar refractivity (Wildman–Crippen MR) is 205 cm³/mol. The SMILES string of the molecule is CC(C)Oc1cc(-n2nc(C(C)(C)C)oc2=O)c(Cl)cc1Cl.CCC(CC)Nc1c([N+](=O)[O-])cc(C)c(C)c1[N+](=O)[O-].CP(=O)(O)CCC(N)C(=O)O. The molecule has 2 unspecified atom stereocenters. The van der Waals surface area contributed by atoms with E-state index in [9.17, 15) is 34.4 Å². The van der Waals surface area contributed by atoms with Crippen molar-refractivity contribution in [2.75, 3.05) is 18.1 Å². The van der Waals surface area contributed by atoms with Crippen LogP contribution in [-0.4, -0.2) is 66.6 Å². The van der Waals surface area contributed by atoms with Crippen LogP contribution in [0.1, 0.15) is 84.7 Å². The van der Waals surface area contributed by atoms with E-state index in [1.807, 2.05) is 48.5 Å². The molecule has 0 radical (unpaired) electrons. The molecular weight excluding hydrogens is 758 g/mol. The molecule has 0 aliphatic heterocycles. The van der Waals surface area contributed by atoms with E-state index < -0.39 is 35.0 Å². The molecule has 2 atom stereocenters. The maximum atomic E-state index is 12.1. The van der Waals surface area contributed by atoms with Crippen LogP contribution in [0.3, 0.4) is 0 Å². The van der Waals surface area contributed by atoms with Crippen LogP contribution < -0.4 is 21.5 Å². The molecule has 1 heterocycles. The van der Waals surface area contributed by atoms with Crippen LogP contribution in [0.25, 0.3) is 5.69 Å². The number of nitrogens with one attached hydrogen (secondary N) is 1. The average Bonchev–Trinajstić information content (AvgIpc) is 3.43. The molecule has 0 amide bonds. The summed E-state index contributed by atoms with van der Waals surface area (Å²) in [6.07, 6.45) is 1.40. The van der Waals surface area contributed by atoms with Gasteiger partial charge in [0.25, 0.3) is 5.69 Å². The molecule has 0 bridgehead atoms. The highest BCUT2D eigenvalue weighted by atomic mass is 35.5. The number of hydrogen-bond acceptors (Lipinski definition) is 12. The number of benzene rings is 2. The number of nitro benzene ring substituents is 2. The molecule has 20 heteroatoms.